The van der Waals surface area contributed by atoms with Crippen molar-refractivity contribution in [2.45, 2.75) is 18.7 Å². The van der Waals surface area contributed by atoms with E-state index in [0.29, 0.717) is 25.3 Å². The molecule has 1 fully saturated rings. The summed E-state index contributed by atoms with van der Waals surface area (Å²) >= 11 is 0. The monoisotopic (exact) mass is 319 g/mol. The average molecular weight is 319 g/mol. The summed E-state index contributed by atoms with van der Waals surface area (Å²) in [6.07, 6.45) is -0.337. The number of aliphatic hydroxyl groups excluding tert-OH is 1. The molecule has 0 saturated carbocycles. The quantitative estimate of drug-likeness (QED) is 0.940. The largest absolute Gasteiger partial charge is 0.394 e. The van der Waals surface area contributed by atoms with Crippen molar-refractivity contribution in [1.82, 2.24) is 4.90 Å². The molecule has 0 unspecified atom stereocenters. The second-order valence-corrected chi connectivity index (χ2v) is 5.67. The molecule has 23 heavy (non-hydrogen) atoms. The van der Waals surface area contributed by atoms with Gasteiger partial charge in [-0.2, -0.15) is 0 Å². The maximum Gasteiger partial charge on any atom is 0.159 e. The van der Waals surface area contributed by atoms with Crippen molar-refractivity contribution in [3.05, 3.63) is 71.3 Å². The van der Waals surface area contributed by atoms with Gasteiger partial charge in [-0.3, -0.25) is 4.90 Å². The SMILES string of the molecule is OC[C@@H]1OCCN(Cc2ccc(F)c(F)c2)[C@H]1c1ccccc1. The third-order valence-corrected chi connectivity index (χ3v) is 4.15. The molecule has 0 aromatic heterocycles. The van der Waals surface area contributed by atoms with Gasteiger partial charge in [0.1, 0.15) is 6.10 Å². The maximum atomic E-state index is 13.4. The van der Waals surface area contributed by atoms with Crippen LogP contribution in [0.25, 0.3) is 0 Å². The van der Waals surface area contributed by atoms with E-state index in [1.54, 1.807) is 6.07 Å². The van der Waals surface area contributed by atoms with Crippen LogP contribution in [0, 0.1) is 11.6 Å². The van der Waals surface area contributed by atoms with Gasteiger partial charge >= 0.3 is 0 Å². The van der Waals surface area contributed by atoms with E-state index in [-0.39, 0.29) is 18.8 Å². The minimum Gasteiger partial charge on any atom is -0.394 e. The van der Waals surface area contributed by atoms with Crippen LogP contribution < -0.4 is 0 Å². The van der Waals surface area contributed by atoms with Gasteiger partial charge in [-0.25, -0.2) is 8.78 Å². The smallest absolute Gasteiger partial charge is 0.159 e. The highest BCUT2D eigenvalue weighted by Crippen LogP contribution is 2.30. The Labute approximate surface area is 134 Å². The summed E-state index contributed by atoms with van der Waals surface area (Å²) in [7, 11) is 0. The van der Waals surface area contributed by atoms with E-state index >= 15 is 0 Å². The van der Waals surface area contributed by atoms with Gasteiger partial charge in [-0.15, -0.1) is 0 Å². The van der Waals surface area contributed by atoms with Crippen LogP contribution >= 0.6 is 0 Å². The van der Waals surface area contributed by atoms with Crippen LogP contribution in [0.1, 0.15) is 17.2 Å². The number of aliphatic hydroxyl groups is 1. The standard InChI is InChI=1S/C18H19F2NO2/c19-15-7-6-13(10-16(15)20)11-21-8-9-23-17(12-22)18(21)14-4-2-1-3-5-14/h1-7,10,17-18,22H,8-9,11-12H2/t17-,18-/m0/s1. The van der Waals surface area contributed by atoms with Crippen LogP contribution in [0.15, 0.2) is 48.5 Å². The Morgan fingerprint density at radius 3 is 2.57 bits per heavy atom. The summed E-state index contributed by atoms with van der Waals surface area (Å²) in [4.78, 5) is 2.13. The van der Waals surface area contributed by atoms with E-state index in [9.17, 15) is 13.9 Å². The van der Waals surface area contributed by atoms with E-state index in [1.165, 1.54) is 6.07 Å². The molecule has 1 aliphatic heterocycles. The molecule has 3 rings (SSSR count). The first-order valence-corrected chi connectivity index (χ1v) is 7.64. The van der Waals surface area contributed by atoms with E-state index in [2.05, 4.69) is 4.90 Å². The van der Waals surface area contributed by atoms with Crippen molar-refractivity contribution in [2.24, 2.45) is 0 Å². The van der Waals surface area contributed by atoms with Crippen LogP contribution in [0.3, 0.4) is 0 Å². The number of hydrogen-bond donors (Lipinski definition) is 1. The summed E-state index contributed by atoms with van der Waals surface area (Å²) < 4.78 is 32.2. The Bertz CT molecular complexity index is 651. The Balaban J connectivity index is 1.86. The normalized spacial score (nSPS) is 22.2. The Kier molecular flexibility index (Phi) is 5.00. The fourth-order valence-electron chi connectivity index (χ4n) is 3.06. The van der Waals surface area contributed by atoms with Crippen LogP contribution in [0.4, 0.5) is 8.78 Å². The summed E-state index contributed by atoms with van der Waals surface area (Å²) in [6.45, 7) is 1.54. The van der Waals surface area contributed by atoms with Crippen molar-refractivity contribution in [2.75, 3.05) is 19.8 Å². The maximum absolute atomic E-state index is 13.4. The first-order valence-electron chi connectivity index (χ1n) is 7.64. The highest BCUT2D eigenvalue weighted by molar-refractivity contribution is 5.23. The van der Waals surface area contributed by atoms with Gasteiger partial charge in [0.05, 0.1) is 19.3 Å². The highest BCUT2D eigenvalue weighted by Gasteiger charge is 2.33. The summed E-state index contributed by atoms with van der Waals surface area (Å²) in [5.74, 6) is -1.69. The molecule has 1 heterocycles. The molecule has 2 atom stereocenters. The molecule has 3 nitrogen and oxygen atoms in total. The lowest BCUT2D eigenvalue weighted by Gasteiger charge is -2.41. The number of nitrogens with zero attached hydrogens (tertiary/aromatic N) is 1. The number of ether oxygens (including phenoxy) is 1. The molecule has 1 saturated heterocycles. The highest BCUT2D eigenvalue weighted by atomic mass is 19.2. The summed E-state index contributed by atoms with van der Waals surface area (Å²) in [5, 5.41) is 9.63. The van der Waals surface area contributed by atoms with Gasteiger partial charge in [0.15, 0.2) is 11.6 Å². The predicted molar refractivity (Wildman–Crippen MR) is 82.8 cm³/mol. The van der Waals surface area contributed by atoms with Crippen molar-refractivity contribution in [1.29, 1.82) is 0 Å². The van der Waals surface area contributed by atoms with Crippen LogP contribution in [0.5, 0.6) is 0 Å². The third-order valence-electron chi connectivity index (χ3n) is 4.15. The fraction of sp³-hybridized carbons (Fsp3) is 0.333. The zero-order valence-corrected chi connectivity index (χ0v) is 12.7. The van der Waals surface area contributed by atoms with Gasteiger partial charge in [0.25, 0.3) is 0 Å². The van der Waals surface area contributed by atoms with E-state index in [0.717, 1.165) is 11.6 Å². The summed E-state index contributed by atoms with van der Waals surface area (Å²) in [6, 6.07) is 13.6. The van der Waals surface area contributed by atoms with E-state index in [4.69, 9.17) is 4.74 Å². The summed E-state index contributed by atoms with van der Waals surface area (Å²) in [5.41, 5.74) is 1.73. The number of morpholine rings is 1. The fourth-order valence-corrected chi connectivity index (χ4v) is 3.06. The van der Waals surface area contributed by atoms with Crippen molar-refractivity contribution in [3.63, 3.8) is 0 Å². The lowest BCUT2D eigenvalue weighted by Crippen LogP contribution is -2.46. The number of halogens is 2. The van der Waals surface area contributed by atoms with Crippen molar-refractivity contribution in [3.8, 4) is 0 Å². The van der Waals surface area contributed by atoms with E-state index < -0.39 is 11.6 Å². The predicted octanol–water partition coefficient (Wildman–Crippen LogP) is 2.90. The van der Waals surface area contributed by atoms with Crippen LogP contribution in [0.2, 0.25) is 0 Å². The Hall–Kier alpha value is -1.82. The number of benzene rings is 2. The first kappa shape index (κ1) is 16.1. The van der Waals surface area contributed by atoms with E-state index in [1.807, 2.05) is 30.3 Å². The van der Waals surface area contributed by atoms with Gasteiger partial charge in [-0.1, -0.05) is 36.4 Å². The van der Waals surface area contributed by atoms with Crippen LogP contribution in [-0.4, -0.2) is 35.9 Å². The molecule has 2 aromatic rings. The zero-order valence-electron chi connectivity index (χ0n) is 12.7. The lowest BCUT2D eigenvalue weighted by molar-refractivity contribution is -0.0960. The zero-order chi connectivity index (χ0) is 16.2. The molecule has 0 amide bonds. The molecular formula is C18H19F2NO2. The molecule has 1 N–H and O–H groups in total. The van der Waals surface area contributed by atoms with Gasteiger partial charge in [-0.05, 0) is 23.3 Å². The minimum absolute atomic E-state index is 0.0894. The second kappa shape index (κ2) is 7.17. The second-order valence-electron chi connectivity index (χ2n) is 5.67. The molecule has 1 aliphatic rings. The number of rotatable bonds is 4. The van der Waals surface area contributed by atoms with Gasteiger partial charge < -0.3 is 9.84 Å². The molecule has 2 aromatic carbocycles. The molecule has 5 heteroatoms. The van der Waals surface area contributed by atoms with Crippen molar-refractivity contribution >= 4 is 0 Å². The third kappa shape index (κ3) is 3.58. The Morgan fingerprint density at radius 1 is 1.09 bits per heavy atom. The Morgan fingerprint density at radius 2 is 1.87 bits per heavy atom. The minimum atomic E-state index is -0.844. The van der Waals surface area contributed by atoms with Crippen molar-refractivity contribution < 1.29 is 18.6 Å². The first-order chi connectivity index (χ1) is 11.2. The lowest BCUT2D eigenvalue weighted by atomic mass is 9.97. The average Bonchev–Trinajstić information content (AvgIpc) is 2.58. The topological polar surface area (TPSA) is 32.7 Å². The molecular weight excluding hydrogens is 300 g/mol. The number of hydrogen-bond acceptors (Lipinski definition) is 3. The van der Waals surface area contributed by atoms with Gasteiger partial charge in [0, 0.05) is 13.1 Å². The van der Waals surface area contributed by atoms with Gasteiger partial charge in [0.2, 0.25) is 0 Å². The molecule has 122 valence electrons. The molecule has 0 radical (unpaired) electrons. The molecule has 0 bridgehead atoms. The molecule has 0 aliphatic carbocycles. The van der Waals surface area contributed by atoms with Crippen LogP contribution in [-0.2, 0) is 11.3 Å². The molecule has 0 spiro atoms.